The number of hydrogen-bond donors (Lipinski definition) is 0. The third-order valence-corrected chi connectivity index (χ3v) is 9.40. The van der Waals surface area contributed by atoms with Gasteiger partial charge in [0.25, 0.3) is 0 Å². The number of halogens is 1. The van der Waals surface area contributed by atoms with Crippen molar-refractivity contribution in [2.24, 2.45) is 0 Å². The first kappa shape index (κ1) is 28.7. The van der Waals surface area contributed by atoms with Crippen LogP contribution in [-0.2, 0) is 6.54 Å². The average molecular weight is 538 g/mol. The number of rotatable bonds is 6. The van der Waals surface area contributed by atoms with E-state index in [1.54, 1.807) is 17.4 Å². The normalized spacial score (nSPS) is 13.5. The Morgan fingerprint density at radius 1 is 0.949 bits per heavy atom. The van der Waals surface area contributed by atoms with E-state index < -0.39 is 0 Å². The highest BCUT2D eigenvalue weighted by Crippen LogP contribution is 2.41. The van der Waals surface area contributed by atoms with Gasteiger partial charge in [0.15, 0.2) is 0 Å². The molecule has 0 bridgehead atoms. The monoisotopic (exact) mass is 537 g/mol. The predicted molar refractivity (Wildman–Crippen MR) is 169 cm³/mol. The third kappa shape index (κ3) is 5.97. The van der Waals surface area contributed by atoms with E-state index >= 15 is 0 Å². The Labute approximate surface area is 238 Å². The molecule has 0 spiro atoms. The zero-order chi connectivity index (χ0) is 28.1. The molecule has 0 unspecified atom stereocenters. The lowest BCUT2D eigenvalue weighted by Crippen LogP contribution is -2.35. The van der Waals surface area contributed by atoms with Gasteiger partial charge in [-0.05, 0) is 91.3 Å². The van der Waals surface area contributed by atoms with Gasteiger partial charge in [-0.1, -0.05) is 75.9 Å². The molecule has 0 aliphatic heterocycles. The van der Waals surface area contributed by atoms with Crippen molar-refractivity contribution in [3.8, 4) is 23.5 Å². The number of nitrogens with zero attached hydrogens (tertiary/aromatic N) is 1. The number of hydrogen-bond acceptors (Lipinski definition) is 2. The van der Waals surface area contributed by atoms with Crippen LogP contribution < -0.4 is 0 Å². The second kappa shape index (κ2) is 12.7. The molecule has 0 N–H and O–H groups in total. The summed E-state index contributed by atoms with van der Waals surface area (Å²) < 4.78 is 15.9. The highest BCUT2D eigenvalue weighted by atomic mass is 32.1. The van der Waals surface area contributed by atoms with Gasteiger partial charge in [-0.2, -0.15) is 0 Å². The quantitative estimate of drug-likeness (QED) is 0.221. The molecule has 3 heteroatoms. The smallest absolute Gasteiger partial charge is 0.132 e. The van der Waals surface area contributed by atoms with Crippen molar-refractivity contribution >= 4 is 27.1 Å². The summed E-state index contributed by atoms with van der Waals surface area (Å²) in [5.41, 5.74) is 8.95. The maximum Gasteiger partial charge on any atom is 0.132 e. The Balaban J connectivity index is 0.00000172. The van der Waals surface area contributed by atoms with E-state index in [4.69, 9.17) is 6.42 Å². The maximum atomic E-state index is 14.9. The lowest BCUT2D eigenvalue weighted by Gasteiger charge is -2.38. The molecule has 39 heavy (non-hydrogen) atoms. The summed E-state index contributed by atoms with van der Waals surface area (Å²) in [5.74, 6) is 2.56. The van der Waals surface area contributed by atoms with Crippen molar-refractivity contribution in [2.75, 3.05) is 0 Å². The van der Waals surface area contributed by atoms with E-state index in [-0.39, 0.29) is 5.82 Å². The van der Waals surface area contributed by atoms with Gasteiger partial charge in [0.1, 0.15) is 5.82 Å². The number of aryl methyl sites for hydroxylation is 3. The fourth-order valence-corrected chi connectivity index (χ4v) is 6.92. The molecular formula is C36H40FNS. The summed E-state index contributed by atoms with van der Waals surface area (Å²) in [7, 11) is 0. The molecule has 4 aromatic rings. The van der Waals surface area contributed by atoms with Gasteiger partial charge in [0.05, 0.1) is 4.88 Å². The molecule has 0 radical (unpaired) electrons. The zero-order valence-corrected chi connectivity index (χ0v) is 24.9. The van der Waals surface area contributed by atoms with E-state index in [0.717, 1.165) is 49.5 Å². The Hall–Kier alpha value is -3.35. The lowest BCUT2D eigenvalue weighted by molar-refractivity contribution is 0.225. The van der Waals surface area contributed by atoms with Gasteiger partial charge < -0.3 is 4.90 Å². The van der Waals surface area contributed by atoms with Crippen LogP contribution in [0.3, 0.4) is 0 Å². The zero-order valence-electron chi connectivity index (χ0n) is 24.0. The van der Waals surface area contributed by atoms with Crippen molar-refractivity contribution in [2.45, 2.75) is 79.3 Å². The van der Waals surface area contributed by atoms with E-state index in [1.807, 2.05) is 39.0 Å². The molecule has 1 nitrogen and oxygen atoms in total. The van der Waals surface area contributed by atoms with E-state index in [9.17, 15) is 4.39 Å². The minimum atomic E-state index is -0.142. The van der Waals surface area contributed by atoms with Crippen LogP contribution in [0.1, 0.15) is 78.6 Å². The number of thiophene rings is 1. The molecule has 1 aromatic heterocycles. The minimum Gasteiger partial charge on any atom is -0.364 e. The van der Waals surface area contributed by atoms with Gasteiger partial charge >= 0.3 is 0 Å². The summed E-state index contributed by atoms with van der Waals surface area (Å²) >= 11 is 1.69. The van der Waals surface area contributed by atoms with Crippen molar-refractivity contribution in [1.82, 2.24) is 4.90 Å². The Kier molecular flexibility index (Phi) is 9.31. The SMILES string of the molecule is C#Cc1ccc(-c2ccc(C)c(CN(C(=C)c3sc4c(C)ccc(F)c4c3C)C3CCCCC3)c2)cc1.CC. The first-order chi connectivity index (χ1) is 18.9. The largest absolute Gasteiger partial charge is 0.364 e. The van der Waals surface area contributed by atoms with Crippen molar-refractivity contribution < 1.29 is 4.39 Å². The molecule has 5 rings (SSSR count). The van der Waals surface area contributed by atoms with Crippen LogP contribution in [0.2, 0.25) is 0 Å². The van der Waals surface area contributed by atoms with Crippen LogP contribution in [0.4, 0.5) is 4.39 Å². The molecular weight excluding hydrogens is 497 g/mol. The van der Waals surface area contributed by atoms with Gasteiger partial charge in [0, 0.05) is 33.9 Å². The summed E-state index contributed by atoms with van der Waals surface area (Å²) in [6.07, 6.45) is 11.7. The van der Waals surface area contributed by atoms with Crippen molar-refractivity contribution in [1.29, 1.82) is 0 Å². The Morgan fingerprint density at radius 3 is 2.23 bits per heavy atom. The topological polar surface area (TPSA) is 3.24 Å². The molecule has 1 fully saturated rings. The molecule has 0 atom stereocenters. The summed E-state index contributed by atoms with van der Waals surface area (Å²) in [5, 5.41) is 0.748. The molecule has 0 saturated heterocycles. The summed E-state index contributed by atoms with van der Waals surface area (Å²) in [4.78, 5) is 3.62. The Morgan fingerprint density at radius 2 is 1.59 bits per heavy atom. The summed E-state index contributed by atoms with van der Waals surface area (Å²) in [6.45, 7) is 15.7. The van der Waals surface area contributed by atoms with Gasteiger partial charge in [-0.25, -0.2) is 4.39 Å². The molecule has 1 aliphatic rings. The molecule has 0 amide bonds. The van der Waals surface area contributed by atoms with Crippen molar-refractivity contribution in [3.05, 3.63) is 99.7 Å². The number of terminal acetylenes is 1. The van der Waals surface area contributed by atoms with Crippen LogP contribution in [0.5, 0.6) is 0 Å². The second-order valence-corrected chi connectivity index (χ2v) is 11.4. The second-order valence-electron chi connectivity index (χ2n) is 10.4. The van der Waals surface area contributed by atoms with Crippen LogP contribution in [0, 0.1) is 38.9 Å². The Bertz CT molecular complexity index is 1500. The third-order valence-electron chi connectivity index (χ3n) is 7.92. The first-order valence-electron chi connectivity index (χ1n) is 14.2. The van der Waals surface area contributed by atoms with Crippen LogP contribution in [0.25, 0.3) is 26.9 Å². The highest BCUT2D eigenvalue weighted by Gasteiger charge is 2.26. The minimum absolute atomic E-state index is 0.142. The maximum absolute atomic E-state index is 14.9. The van der Waals surface area contributed by atoms with E-state index in [1.165, 1.54) is 48.8 Å². The highest BCUT2D eigenvalue weighted by molar-refractivity contribution is 7.20. The molecule has 1 heterocycles. The van der Waals surface area contributed by atoms with Gasteiger partial charge in [-0.15, -0.1) is 17.8 Å². The van der Waals surface area contributed by atoms with E-state index in [2.05, 4.69) is 61.6 Å². The first-order valence-corrected chi connectivity index (χ1v) is 15.0. The number of benzene rings is 3. The van der Waals surface area contributed by atoms with Gasteiger partial charge in [0.2, 0.25) is 0 Å². The van der Waals surface area contributed by atoms with Crippen LogP contribution in [-0.4, -0.2) is 10.9 Å². The molecule has 1 saturated carbocycles. The number of fused-ring (bicyclic) bond motifs is 1. The standard InChI is InChI=1S/C34H34FNS.C2H6/c1-6-26-14-17-27(18-15-26)28-16-12-22(2)29(20-28)21-36(30-10-8-7-9-11-30)25(5)34-24(4)32-31(35)19-13-23(3)33(32)37-34;1-2/h1,12-20,30H,5,7-11,21H2,2-4H3;1-2H3. The van der Waals surface area contributed by atoms with E-state index in [0.29, 0.717) is 6.04 Å². The molecule has 1 aliphatic carbocycles. The average Bonchev–Trinajstić information content (AvgIpc) is 3.34. The fourth-order valence-electron chi connectivity index (χ4n) is 5.64. The van der Waals surface area contributed by atoms with Crippen LogP contribution in [0.15, 0.2) is 61.2 Å². The van der Waals surface area contributed by atoms with Crippen molar-refractivity contribution in [3.63, 3.8) is 0 Å². The fraction of sp³-hybridized carbons (Fsp3) is 0.333. The predicted octanol–water partition coefficient (Wildman–Crippen LogP) is 10.4. The summed E-state index contributed by atoms with van der Waals surface area (Å²) in [6, 6.07) is 18.8. The molecule has 202 valence electrons. The molecule has 3 aromatic carbocycles. The lowest BCUT2D eigenvalue weighted by atomic mass is 9.92. The van der Waals surface area contributed by atoms with Crippen LogP contribution >= 0.6 is 11.3 Å². The van der Waals surface area contributed by atoms with Gasteiger partial charge in [-0.3, -0.25) is 0 Å².